The van der Waals surface area contributed by atoms with Crippen molar-refractivity contribution in [2.75, 3.05) is 25.5 Å². The predicted molar refractivity (Wildman–Crippen MR) is 137 cm³/mol. The van der Waals surface area contributed by atoms with Gasteiger partial charge in [0.25, 0.3) is 5.91 Å². The van der Waals surface area contributed by atoms with E-state index in [1.807, 2.05) is 25.1 Å². The average Bonchev–Trinajstić information content (AvgIpc) is 2.82. The second kappa shape index (κ2) is 9.50. The van der Waals surface area contributed by atoms with Crippen LogP contribution in [-0.4, -0.2) is 64.1 Å². The molecule has 1 fully saturated rings. The second-order valence-corrected chi connectivity index (χ2v) is 10.7. The standard InChI is InChI=1S/C27H35N3O7/c1-5-12(2)10-29-11-14-8-17(30(3)4)16-7-13-6-15-9-18(31)21(26(28)36)25(35)27(15,37)24(34)19(13)23(33)20(16)22(14)32/h8,12-13,15,29,32-33,35,37H,5-7,9-11H2,1-4H3,(H2,28,36)/t12?,13?,15-,27-/m0/s1. The van der Waals surface area contributed by atoms with E-state index < -0.39 is 52.0 Å². The van der Waals surface area contributed by atoms with Crippen LogP contribution in [0.2, 0.25) is 0 Å². The molecule has 4 rings (SSSR count). The number of aliphatic hydroxyl groups excluding tert-OH is 2. The molecule has 0 bridgehead atoms. The topological polar surface area (TPSA) is 173 Å². The number of rotatable bonds is 7. The van der Waals surface area contributed by atoms with Gasteiger partial charge in [-0.2, -0.15) is 0 Å². The highest BCUT2D eigenvalue weighted by molar-refractivity contribution is 6.22. The molecule has 1 aromatic carbocycles. The molecule has 200 valence electrons. The zero-order valence-electron chi connectivity index (χ0n) is 21.6. The predicted octanol–water partition coefficient (Wildman–Crippen LogP) is 1.63. The lowest BCUT2D eigenvalue weighted by Gasteiger charge is -2.46. The molecule has 4 atom stereocenters. The van der Waals surface area contributed by atoms with Crippen molar-refractivity contribution in [2.24, 2.45) is 23.5 Å². The average molecular weight is 514 g/mol. The van der Waals surface area contributed by atoms with Crippen LogP contribution in [0.25, 0.3) is 5.76 Å². The van der Waals surface area contributed by atoms with Crippen molar-refractivity contribution in [3.8, 4) is 5.75 Å². The largest absolute Gasteiger partial charge is 0.508 e. The van der Waals surface area contributed by atoms with Gasteiger partial charge in [0.1, 0.15) is 22.8 Å². The number of anilines is 1. The SMILES string of the molecule is CCC(C)CNCc1cc(N(C)C)c2c(c1O)C(O)=C1C(=O)[C@]3(O)C(O)=C(C(N)=O)C(=O)C[C@@H]3CC1C2. The van der Waals surface area contributed by atoms with Crippen LogP contribution in [0.3, 0.4) is 0 Å². The first-order valence-corrected chi connectivity index (χ1v) is 12.6. The van der Waals surface area contributed by atoms with E-state index in [1.54, 1.807) is 0 Å². The van der Waals surface area contributed by atoms with Crippen molar-refractivity contribution in [2.45, 2.75) is 51.7 Å². The van der Waals surface area contributed by atoms with Gasteiger partial charge in [-0.15, -0.1) is 0 Å². The van der Waals surface area contributed by atoms with Crippen molar-refractivity contribution in [1.29, 1.82) is 0 Å². The maximum atomic E-state index is 13.7. The number of hydrogen-bond donors (Lipinski definition) is 6. The molecule has 1 saturated carbocycles. The number of nitrogens with one attached hydrogen (secondary N) is 1. The normalized spacial score (nSPS) is 26.0. The Labute approximate surface area is 215 Å². The Kier molecular flexibility index (Phi) is 6.85. The Morgan fingerprint density at radius 1 is 1.24 bits per heavy atom. The van der Waals surface area contributed by atoms with Crippen LogP contribution < -0.4 is 16.0 Å². The number of phenols is 1. The number of carbonyl (C=O) groups excluding carboxylic acids is 3. The molecule has 7 N–H and O–H groups in total. The third-order valence-electron chi connectivity index (χ3n) is 8.11. The summed E-state index contributed by atoms with van der Waals surface area (Å²) in [4.78, 5) is 39.8. The van der Waals surface area contributed by atoms with E-state index in [0.717, 1.165) is 18.7 Å². The monoisotopic (exact) mass is 513 g/mol. The van der Waals surface area contributed by atoms with Crippen LogP contribution in [0.15, 0.2) is 23.0 Å². The fourth-order valence-corrected chi connectivity index (χ4v) is 5.85. The number of carbonyl (C=O) groups is 3. The first-order chi connectivity index (χ1) is 17.3. The highest BCUT2D eigenvalue weighted by Gasteiger charge is 2.60. The number of Topliss-reactive ketones (excluding diaryl/α,β-unsaturated/α-hetero) is 2. The molecule has 10 heteroatoms. The van der Waals surface area contributed by atoms with Gasteiger partial charge in [-0.3, -0.25) is 14.4 Å². The first-order valence-electron chi connectivity index (χ1n) is 12.6. The van der Waals surface area contributed by atoms with Crippen molar-refractivity contribution >= 4 is 28.9 Å². The summed E-state index contributed by atoms with van der Waals surface area (Å²) in [5, 5.41) is 48.0. The van der Waals surface area contributed by atoms with Crippen LogP contribution >= 0.6 is 0 Å². The van der Waals surface area contributed by atoms with Gasteiger partial charge >= 0.3 is 0 Å². The van der Waals surface area contributed by atoms with E-state index in [1.165, 1.54) is 0 Å². The molecular weight excluding hydrogens is 478 g/mol. The van der Waals surface area contributed by atoms with E-state index in [-0.39, 0.29) is 36.1 Å². The van der Waals surface area contributed by atoms with Crippen molar-refractivity contribution in [3.05, 3.63) is 39.7 Å². The van der Waals surface area contributed by atoms with Crippen molar-refractivity contribution in [3.63, 3.8) is 0 Å². The molecule has 2 unspecified atom stereocenters. The van der Waals surface area contributed by atoms with Gasteiger partial charge in [0.05, 0.1) is 5.56 Å². The minimum Gasteiger partial charge on any atom is -0.508 e. The van der Waals surface area contributed by atoms with E-state index in [4.69, 9.17) is 5.73 Å². The van der Waals surface area contributed by atoms with E-state index in [2.05, 4.69) is 19.2 Å². The molecule has 37 heavy (non-hydrogen) atoms. The van der Waals surface area contributed by atoms with Crippen LogP contribution in [0.4, 0.5) is 5.69 Å². The third kappa shape index (κ3) is 4.08. The van der Waals surface area contributed by atoms with Gasteiger partial charge in [0, 0.05) is 49.8 Å². The smallest absolute Gasteiger partial charge is 0.255 e. The molecule has 0 saturated heterocycles. The van der Waals surface area contributed by atoms with Crippen LogP contribution in [0.5, 0.6) is 5.75 Å². The number of nitrogens with zero attached hydrogens (tertiary/aromatic N) is 1. The van der Waals surface area contributed by atoms with Crippen LogP contribution in [0, 0.1) is 17.8 Å². The second-order valence-electron chi connectivity index (χ2n) is 10.7. The maximum Gasteiger partial charge on any atom is 0.255 e. The molecule has 0 heterocycles. The molecule has 3 aliphatic carbocycles. The van der Waals surface area contributed by atoms with Crippen LogP contribution in [0.1, 0.15) is 49.8 Å². The number of aliphatic hydroxyl groups is 3. The van der Waals surface area contributed by atoms with Crippen LogP contribution in [-0.2, 0) is 27.3 Å². The molecule has 0 aromatic heterocycles. The van der Waals surface area contributed by atoms with Gasteiger partial charge in [0.2, 0.25) is 5.78 Å². The van der Waals surface area contributed by atoms with Gasteiger partial charge in [-0.25, -0.2) is 0 Å². The molecule has 3 aliphatic rings. The fraction of sp³-hybridized carbons (Fsp3) is 0.519. The molecule has 1 aromatic rings. The lowest BCUT2D eigenvalue weighted by atomic mass is 9.59. The first kappa shape index (κ1) is 26.7. The molecule has 0 spiro atoms. The van der Waals surface area contributed by atoms with Gasteiger partial charge in [0.15, 0.2) is 11.4 Å². The zero-order valence-corrected chi connectivity index (χ0v) is 21.6. The van der Waals surface area contributed by atoms with Gasteiger partial charge in [-0.1, -0.05) is 20.3 Å². The Hall–Kier alpha value is -3.37. The maximum absolute atomic E-state index is 13.7. The summed E-state index contributed by atoms with van der Waals surface area (Å²) < 4.78 is 0. The number of nitrogens with two attached hydrogens (primary N) is 1. The number of benzene rings is 1. The zero-order chi connectivity index (χ0) is 27.4. The summed E-state index contributed by atoms with van der Waals surface area (Å²) in [6.07, 6.45) is 1.04. The molecule has 0 radical (unpaired) electrons. The highest BCUT2D eigenvalue weighted by Crippen LogP contribution is 2.53. The quantitative estimate of drug-likeness (QED) is 0.296. The van der Waals surface area contributed by atoms with Crippen molar-refractivity contribution < 1.29 is 34.8 Å². The number of ketones is 2. The van der Waals surface area contributed by atoms with E-state index >= 15 is 0 Å². The number of phenolic OH excluding ortho intramolecular Hbond substituents is 1. The lowest BCUT2D eigenvalue weighted by molar-refractivity contribution is -0.147. The Morgan fingerprint density at radius 3 is 2.51 bits per heavy atom. The summed E-state index contributed by atoms with van der Waals surface area (Å²) in [6.45, 7) is 5.28. The highest BCUT2D eigenvalue weighted by atomic mass is 16.3. The van der Waals surface area contributed by atoms with E-state index in [9.17, 15) is 34.8 Å². The Balaban J connectivity index is 1.85. The van der Waals surface area contributed by atoms with Gasteiger partial charge in [-0.05, 0) is 42.9 Å². The number of aromatic hydroxyl groups is 1. The fourth-order valence-electron chi connectivity index (χ4n) is 5.85. The summed E-state index contributed by atoms with van der Waals surface area (Å²) in [6, 6.07) is 1.86. The van der Waals surface area contributed by atoms with Crippen molar-refractivity contribution in [1.82, 2.24) is 5.32 Å². The summed E-state index contributed by atoms with van der Waals surface area (Å²) in [7, 11) is 3.69. The number of hydrogen-bond acceptors (Lipinski definition) is 9. The third-order valence-corrected chi connectivity index (χ3v) is 8.11. The Bertz CT molecular complexity index is 1250. The molecular formula is C27H35N3O7. The molecule has 1 amide bonds. The number of fused-ring (bicyclic) bond motifs is 3. The number of amides is 1. The minimum atomic E-state index is -2.56. The minimum absolute atomic E-state index is 0.106. The number of primary amides is 1. The summed E-state index contributed by atoms with van der Waals surface area (Å²) in [5.41, 5.74) is 3.81. The summed E-state index contributed by atoms with van der Waals surface area (Å²) in [5.74, 6) is -5.79. The lowest BCUT2D eigenvalue weighted by Crippen LogP contribution is -2.58. The molecule has 0 aliphatic heterocycles. The molecule has 10 nitrogen and oxygen atoms in total. The van der Waals surface area contributed by atoms with Gasteiger partial charge < -0.3 is 36.4 Å². The Morgan fingerprint density at radius 2 is 1.92 bits per heavy atom. The van der Waals surface area contributed by atoms with E-state index in [0.29, 0.717) is 23.6 Å². The summed E-state index contributed by atoms with van der Waals surface area (Å²) >= 11 is 0.